The van der Waals surface area contributed by atoms with Gasteiger partial charge in [-0.15, -0.1) is 21.5 Å². The Morgan fingerprint density at radius 1 is 1.02 bits per heavy atom. The van der Waals surface area contributed by atoms with Gasteiger partial charge in [-0.25, -0.2) is 23.6 Å². The predicted molar refractivity (Wildman–Crippen MR) is 168 cm³/mol. The van der Waals surface area contributed by atoms with Crippen LogP contribution in [0.5, 0.6) is 0 Å². The Labute approximate surface area is 272 Å². The molecule has 19 heteroatoms. The van der Waals surface area contributed by atoms with Crippen LogP contribution in [-0.2, 0) is 29.4 Å². The van der Waals surface area contributed by atoms with E-state index in [9.17, 15) is 13.2 Å². The first-order valence-corrected chi connectivity index (χ1v) is 17.6. The molecule has 4 unspecified atom stereocenters. The van der Waals surface area contributed by atoms with Gasteiger partial charge in [-0.05, 0) is 64.9 Å². The Kier molecular flexibility index (Phi) is 8.30. The second-order valence-corrected chi connectivity index (χ2v) is 15.2. The van der Waals surface area contributed by atoms with Gasteiger partial charge in [0.2, 0.25) is 0 Å². The quantitative estimate of drug-likeness (QED) is 0.177. The van der Waals surface area contributed by atoms with Gasteiger partial charge in [0.05, 0.1) is 5.69 Å². The number of hydrogen-bond acceptors (Lipinski definition) is 12. The zero-order valence-electron chi connectivity index (χ0n) is 25.0. The summed E-state index contributed by atoms with van der Waals surface area (Å²) < 4.78 is 29.9. The highest BCUT2D eigenvalue weighted by molar-refractivity contribution is 7.89. The van der Waals surface area contributed by atoms with Crippen LogP contribution in [0.4, 0.5) is 0 Å². The molecule has 242 valence electrons. The summed E-state index contributed by atoms with van der Waals surface area (Å²) in [6, 6.07) is 5.99. The summed E-state index contributed by atoms with van der Waals surface area (Å²) >= 11 is 7.57. The SMILES string of the molecule is CC1NCc2sc(C(=O)N3C(CCc4nnn[nH]4)CN(S(=O)(=O)c4cc5cc(Cl)ccc5[nH]4)CC3CCc3nnn[nH]3)nc2C1C. The van der Waals surface area contributed by atoms with Crippen molar-refractivity contribution in [2.75, 3.05) is 13.1 Å². The van der Waals surface area contributed by atoms with Gasteiger partial charge in [0.1, 0.15) is 16.7 Å². The number of aromatic nitrogens is 10. The Bertz CT molecular complexity index is 1900. The van der Waals surface area contributed by atoms with Crippen molar-refractivity contribution in [3.63, 3.8) is 0 Å². The molecule has 16 nitrogen and oxygen atoms in total. The van der Waals surface area contributed by atoms with Crippen LogP contribution in [0, 0.1) is 0 Å². The van der Waals surface area contributed by atoms with Crippen LogP contribution in [0.2, 0.25) is 5.02 Å². The van der Waals surface area contributed by atoms with E-state index < -0.39 is 22.1 Å². The zero-order valence-corrected chi connectivity index (χ0v) is 27.4. The lowest BCUT2D eigenvalue weighted by molar-refractivity contribution is 0.0326. The molecule has 1 amide bonds. The van der Waals surface area contributed by atoms with Crippen molar-refractivity contribution in [3.8, 4) is 0 Å². The summed E-state index contributed by atoms with van der Waals surface area (Å²) in [5, 5.41) is 33.4. The summed E-state index contributed by atoms with van der Waals surface area (Å²) in [5.41, 5.74) is 1.60. The van der Waals surface area contributed by atoms with Crippen molar-refractivity contribution >= 4 is 49.8 Å². The molecule has 5 aromatic rings. The van der Waals surface area contributed by atoms with Crippen LogP contribution in [0.25, 0.3) is 10.9 Å². The van der Waals surface area contributed by atoms with Crippen molar-refractivity contribution in [3.05, 3.63) is 56.5 Å². The molecule has 1 fully saturated rings. The number of benzene rings is 1. The van der Waals surface area contributed by atoms with Crippen molar-refractivity contribution < 1.29 is 13.2 Å². The van der Waals surface area contributed by atoms with Crippen LogP contribution in [0.15, 0.2) is 29.3 Å². The van der Waals surface area contributed by atoms with Crippen LogP contribution in [-0.4, -0.2) is 106 Å². The molecule has 0 spiro atoms. The number of H-pyrrole nitrogens is 3. The van der Waals surface area contributed by atoms with Crippen molar-refractivity contribution in [1.29, 1.82) is 0 Å². The van der Waals surface area contributed by atoms with Crippen molar-refractivity contribution in [2.24, 2.45) is 0 Å². The lowest BCUT2D eigenvalue weighted by atomic mass is 9.95. The number of nitrogens with one attached hydrogen (secondary N) is 4. The smallest absolute Gasteiger partial charge is 0.283 e. The first kappa shape index (κ1) is 30.8. The van der Waals surface area contributed by atoms with E-state index in [0.717, 1.165) is 10.6 Å². The topological polar surface area (TPSA) is 207 Å². The van der Waals surface area contributed by atoms with Crippen LogP contribution in [0.1, 0.15) is 64.6 Å². The van der Waals surface area contributed by atoms with E-state index in [0.29, 0.717) is 64.8 Å². The molecule has 0 aliphatic carbocycles. The molecule has 46 heavy (non-hydrogen) atoms. The number of piperazine rings is 1. The first-order chi connectivity index (χ1) is 22.2. The molecule has 1 saturated heterocycles. The fraction of sp³-hybridized carbons (Fsp3) is 0.481. The summed E-state index contributed by atoms with van der Waals surface area (Å²) in [5.74, 6) is 1.02. The number of sulfonamides is 1. The van der Waals surface area contributed by atoms with E-state index in [1.54, 1.807) is 24.3 Å². The summed E-state index contributed by atoms with van der Waals surface area (Å²) in [4.78, 5) is 25.3. The third-order valence-corrected chi connectivity index (χ3v) is 12.0. The minimum absolute atomic E-state index is 0.0594. The van der Waals surface area contributed by atoms with Gasteiger partial charge in [-0.3, -0.25) is 4.79 Å². The number of fused-ring (bicyclic) bond motifs is 2. The number of rotatable bonds is 9. The molecule has 4 N–H and O–H groups in total. The number of tetrazole rings is 2. The lowest BCUT2D eigenvalue weighted by Crippen LogP contribution is -2.61. The maximum Gasteiger partial charge on any atom is 0.283 e. The molecule has 1 aromatic carbocycles. The van der Waals surface area contributed by atoms with Crippen molar-refractivity contribution in [2.45, 2.75) is 75.1 Å². The first-order valence-electron chi connectivity index (χ1n) is 15.0. The highest BCUT2D eigenvalue weighted by Gasteiger charge is 2.43. The highest BCUT2D eigenvalue weighted by atomic mass is 35.5. The number of amides is 1. The minimum Gasteiger partial charge on any atom is -0.345 e. The monoisotopic (exact) mass is 685 g/mol. The normalized spacial score (nSPS) is 22.4. The fourth-order valence-corrected chi connectivity index (χ4v) is 9.03. The van der Waals surface area contributed by atoms with Crippen LogP contribution in [0.3, 0.4) is 0 Å². The number of halogens is 1. The van der Waals surface area contributed by atoms with Crippen LogP contribution < -0.4 is 5.32 Å². The maximum atomic E-state index is 14.5. The number of carbonyl (C=O) groups excluding carboxylic acids is 1. The molecule has 4 atom stereocenters. The van der Waals surface area contributed by atoms with E-state index in [4.69, 9.17) is 16.6 Å². The molecular weight excluding hydrogens is 654 g/mol. The number of aromatic amines is 3. The van der Waals surface area contributed by atoms with E-state index in [-0.39, 0.29) is 36.0 Å². The molecule has 0 bridgehead atoms. The van der Waals surface area contributed by atoms with E-state index in [2.05, 4.69) is 65.4 Å². The van der Waals surface area contributed by atoms with E-state index in [1.807, 2.05) is 4.90 Å². The van der Waals surface area contributed by atoms with Gasteiger partial charge >= 0.3 is 0 Å². The number of aryl methyl sites for hydroxylation is 2. The van der Waals surface area contributed by atoms with Gasteiger partial charge in [0.15, 0.2) is 5.01 Å². The zero-order chi connectivity index (χ0) is 32.0. The second kappa shape index (κ2) is 12.4. The summed E-state index contributed by atoms with van der Waals surface area (Å²) in [6.45, 7) is 5.02. The molecule has 4 aromatic heterocycles. The number of nitrogens with zero attached hydrogens (tertiary/aromatic N) is 9. The average molecular weight is 686 g/mol. The number of carbonyl (C=O) groups is 1. The largest absolute Gasteiger partial charge is 0.345 e. The van der Waals surface area contributed by atoms with E-state index in [1.165, 1.54) is 15.6 Å². The molecule has 7 rings (SSSR count). The third-order valence-electron chi connectivity index (χ3n) is 8.91. The maximum absolute atomic E-state index is 14.5. The van der Waals surface area contributed by atoms with Gasteiger partial charge in [-0.1, -0.05) is 18.5 Å². The fourth-order valence-electron chi connectivity index (χ4n) is 6.25. The Morgan fingerprint density at radius 3 is 2.33 bits per heavy atom. The van der Waals surface area contributed by atoms with Gasteiger partial charge in [0, 0.05) is 77.3 Å². The second-order valence-electron chi connectivity index (χ2n) is 11.8. The van der Waals surface area contributed by atoms with Crippen LogP contribution >= 0.6 is 22.9 Å². The van der Waals surface area contributed by atoms with Gasteiger partial charge in [-0.2, -0.15) is 4.31 Å². The summed E-state index contributed by atoms with van der Waals surface area (Å²) in [6.07, 6.45) is 1.65. The van der Waals surface area contributed by atoms with Crippen molar-refractivity contribution in [1.82, 2.24) is 65.7 Å². The molecular formula is C27H32ClN13O3S2. The van der Waals surface area contributed by atoms with Gasteiger partial charge in [0.25, 0.3) is 15.9 Å². The Morgan fingerprint density at radius 2 is 1.70 bits per heavy atom. The molecule has 0 radical (unpaired) electrons. The molecule has 2 aliphatic heterocycles. The Hall–Kier alpha value is -3.84. The molecule has 2 aliphatic rings. The van der Waals surface area contributed by atoms with E-state index >= 15 is 0 Å². The predicted octanol–water partition coefficient (Wildman–Crippen LogP) is 2.05. The Balaban J connectivity index is 1.25. The lowest BCUT2D eigenvalue weighted by Gasteiger charge is -2.46. The highest BCUT2D eigenvalue weighted by Crippen LogP contribution is 2.35. The number of hydrogen-bond donors (Lipinski definition) is 4. The number of thiazole rings is 1. The van der Waals surface area contributed by atoms with Gasteiger partial charge < -0.3 is 15.2 Å². The summed E-state index contributed by atoms with van der Waals surface area (Å²) in [7, 11) is -4.00. The molecule has 6 heterocycles. The standard InChI is InChI=1S/C27H32ClN13O3S2/c1-14-15(2)29-11-21-25(14)31-26(45-21)27(42)41-18(4-7-22-32-36-37-33-22)12-40(13-19(41)5-8-23-34-38-39-35-23)46(43,44)24-10-16-9-17(28)3-6-20(16)30-24/h3,6,9-10,14-15,18-19,29-30H,4-5,7-8,11-13H2,1-2H3,(H,32,33,36,37)(H,34,35,38,39). The average Bonchev–Trinajstić information content (AvgIpc) is 3.87. The third kappa shape index (κ3) is 5.90. The minimum atomic E-state index is -4.00. The molecule has 0 saturated carbocycles.